The van der Waals surface area contributed by atoms with E-state index >= 15 is 0 Å². The van der Waals surface area contributed by atoms with Crippen molar-refractivity contribution < 1.29 is 9.18 Å². The van der Waals surface area contributed by atoms with Crippen molar-refractivity contribution in [3.63, 3.8) is 0 Å². The van der Waals surface area contributed by atoms with Crippen molar-refractivity contribution in [2.45, 2.75) is 25.8 Å². The van der Waals surface area contributed by atoms with Crippen LogP contribution in [0.4, 0.5) is 10.2 Å². The lowest BCUT2D eigenvalue weighted by molar-refractivity contribution is 0.101. The summed E-state index contributed by atoms with van der Waals surface area (Å²) in [6, 6.07) is 11.8. The van der Waals surface area contributed by atoms with E-state index in [9.17, 15) is 9.18 Å². The second kappa shape index (κ2) is 7.49. The Morgan fingerprint density at radius 2 is 2.13 bits per heavy atom. The van der Waals surface area contributed by atoms with E-state index in [4.69, 9.17) is 0 Å². The zero-order valence-corrected chi connectivity index (χ0v) is 17.0. The highest BCUT2D eigenvalue weighted by molar-refractivity contribution is 7.13. The van der Waals surface area contributed by atoms with E-state index in [1.807, 2.05) is 22.2 Å². The van der Waals surface area contributed by atoms with Gasteiger partial charge in [0, 0.05) is 6.07 Å². The lowest BCUT2D eigenvalue weighted by atomic mass is 10.2. The third kappa shape index (κ3) is 3.52. The Balaban J connectivity index is 1.48. The van der Waals surface area contributed by atoms with Crippen LogP contribution in [0.2, 0.25) is 0 Å². The highest BCUT2D eigenvalue weighted by atomic mass is 32.1. The lowest BCUT2D eigenvalue weighted by Crippen LogP contribution is -2.19. The van der Waals surface area contributed by atoms with Crippen LogP contribution in [-0.4, -0.2) is 30.5 Å². The van der Waals surface area contributed by atoms with Crippen molar-refractivity contribution in [1.82, 2.24) is 24.5 Å². The molecule has 1 aliphatic rings. The zero-order valence-electron chi connectivity index (χ0n) is 16.2. The second-order valence-electron chi connectivity index (χ2n) is 7.32. The molecular weight excluding hydrogens is 403 g/mol. The molecule has 4 aromatic rings. The maximum absolute atomic E-state index is 13.8. The molecule has 1 N–H and O–H groups in total. The van der Waals surface area contributed by atoms with Gasteiger partial charge in [-0.15, -0.1) is 16.4 Å². The van der Waals surface area contributed by atoms with Crippen LogP contribution in [-0.2, 0) is 0 Å². The van der Waals surface area contributed by atoms with E-state index in [0.29, 0.717) is 23.2 Å². The van der Waals surface area contributed by atoms with Crippen molar-refractivity contribution in [3.05, 3.63) is 65.7 Å². The minimum Gasteiger partial charge on any atom is -0.304 e. The Morgan fingerprint density at radius 3 is 2.87 bits per heavy atom. The van der Waals surface area contributed by atoms with E-state index in [2.05, 4.69) is 27.4 Å². The standard InChI is InChI=1S/C21H19FN6OS/c1-13(14-7-8-14)27-18(9-10-23-27)24-21(29)19-25-20(17-6-3-11-30-17)28(26-19)16-5-2-4-15(22)12-16/h2-6,9-14H,7-8H2,1H3,(H,24,29). The summed E-state index contributed by atoms with van der Waals surface area (Å²) in [4.78, 5) is 18.2. The van der Waals surface area contributed by atoms with Gasteiger partial charge >= 0.3 is 0 Å². The quantitative estimate of drug-likeness (QED) is 0.494. The summed E-state index contributed by atoms with van der Waals surface area (Å²) >= 11 is 1.47. The first kappa shape index (κ1) is 18.7. The molecule has 1 fully saturated rings. The van der Waals surface area contributed by atoms with Crippen LogP contribution in [0.15, 0.2) is 54.0 Å². The van der Waals surface area contributed by atoms with Crippen LogP contribution in [0, 0.1) is 11.7 Å². The number of aromatic nitrogens is 5. The average molecular weight is 422 g/mol. The van der Waals surface area contributed by atoms with E-state index in [-0.39, 0.29) is 17.7 Å². The number of anilines is 1. The molecule has 152 valence electrons. The molecule has 0 spiro atoms. The molecule has 1 aromatic carbocycles. The van der Waals surface area contributed by atoms with Gasteiger partial charge in [0.25, 0.3) is 5.91 Å². The highest BCUT2D eigenvalue weighted by Crippen LogP contribution is 2.40. The molecule has 0 aliphatic heterocycles. The zero-order chi connectivity index (χ0) is 20.7. The first-order chi connectivity index (χ1) is 14.6. The van der Waals surface area contributed by atoms with Crippen LogP contribution in [0.3, 0.4) is 0 Å². The van der Waals surface area contributed by atoms with Gasteiger partial charge in [-0.1, -0.05) is 12.1 Å². The molecule has 5 rings (SSSR count). The van der Waals surface area contributed by atoms with Gasteiger partial charge in [-0.05, 0) is 55.3 Å². The number of nitrogens with one attached hydrogen (secondary N) is 1. The van der Waals surface area contributed by atoms with Crippen LogP contribution in [0.25, 0.3) is 16.4 Å². The average Bonchev–Trinajstić information content (AvgIpc) is 3.12. The molecular formula is C21H19FN6OS. The Morgan fingerprint density at radius 1 is 1.27 bits per heavy atom. The van der Waals surface area contributed by atoms with Crippen molar-refractivity contribution in [3.8, 4) is 16.4 Å². The molecule has 7 nitrogen and oxygen atoms in total. The topological polar surface area (TPSA) is 77.6 Å². The third-order valence-electron chi connectivity index (χ3n) is 5.21. The van der Waals surface area contributed by atoms with Gasteiger partial charge in [0.15, 0.2) is 5.82 Å². The highest BCUT2D eigenvalue weighted by Gasteiger charge is 2.31. The molecule has 1 amide bonds. The summed E-state index contributed by atoms with van der Waals surface area (Å²) in [6.45, 7) is 2.10. The summed E-state index contributed by atoms with van der Waals surface area (Å²) in [5, 5.41) is 13.5. The fraction of sp³-hybridized carbons (Fsp3) is 0.238. The Kier molecular flexibility index (Phi) is 4.66. The number of rotatable bonds is 6. The maximum atomic E-state index is 13.8. The van der Waals surface area contributed by atoms with Crippen molar-refractivity contribution in [2.75, 3.05) is 5.32 Å². The van der Waals surface area contributed by atoms with Gasteiger partial charge in [0.1, 0.15) is 11.6 Å². The third-order valence-corrected chi connectivity index (χ3v) is 6.07. The smallest absolute Gasteiger partial charge is 0.296 e. The first-order valence-corrected chi connectivity index (χ1v) is 10.6. The molecule has 1 atom stereocenters. The number of carbonyl (C=O) groups is 1. The van der Waals surface area contributed by atoms with Crippen LogP contribution in [0.1, 0.15) is 36.4 Å². The molecule has 30 heavy (non-hydrogen) atoms. The number of benzene rings is 1. The van der Waals surface area contributed by atoms with E-state index in [0.717, 1.165) is 4.88 Å². The monoisotopic (exact) mass is 422 g/mol. The van der Waals surface area contributed by atoms with Gasteiger partial charge in [-0.2, -0.15) is 5.10 Å². The van der Waals surface area contributed by atoms with Crippen LogP contribution >= 0.6 is 11.3 Å². The number of hydrogen-bond donors (Lipinski definition) is 1. The van der Waals surface area contributed by atoms with Gasteiger partial charge in [0.05, 0.1) is 22.8 Å². The molecule has 1 saturated carbocycles. The van der Waals surface area contributed by atoms with Gasteiger partial charge in [-0.3, -0.25) is 4.79 Å². The number of hydrogen-bond acceptors (Lipinski definition) is 5. The van der Waals surface area contributed by atoms with Gasteiger partial charge in [-0.25, -0.2) is 18.7 Å². The summed E-state index contributed by atoms with van der Waals surface area (Å²) in [7, 11) is 0. The fourth-order valence-corrected chi connectivity index (χ4v) is 4.15. The summed E-state index contributed by atoms with van der Waals surface area (Å²) in [5.74, 6) is 0.877. The number of halogens is 1. The molecule has 9 heteroatoms. The predicted octanol–water partition coefficient (Wildman–Crippen LogP) is 4.55. The summed E-state index contributed by atoms with van der Waals surface area (Å²) in [6.07, 6.45) is 4.03. The van der Waals surface area contributed by atoms with Crippen LogP contribution < -0.4 is 5.32 Å². The molecule has 3 heterocycles. The Bertz CT molecular complexity index is 1190. The van der Waals surface area contributed by atoms with E-state index in [1.54, 1.807) is 24.4 Å². The minimum absolute atomic E-state index is 0.00878. The lowest BCUT2D eigenvalue weighted by Gasteiger charge is -2.14. The fourth-order valence-electron chi connectivity index (χ4n) is 3.45. The van der Waals surface area contributed by atoms with Crippen molar-refractivity contribution >= 4 is 23.1 Å². The molecule has 0 bridgehead atoms. The number of thiophene rings is 1. The number of amides is 1. The van der Waals surface area contributed by atoms with E-state index in [1.165, 1.54) is 41.0 Å². The summed E-state index contributed by atoms with van der Waals surface area (Å²) < 4.78 is 17.1. The molecule has 0 saturated heterocycles. The van der Waals surface area contributed by atoms with Gasteiger partial charge in [0.2, 0.25) is 5.82 Å². The molecule has 1 aliphatic carbocycles. The normalized spacial score (nSPS) is 14.6. The largest absolute Gasteiger partial charge is 0.304 e. The number of nitrogens with zero attached hydrogens (tertiary/aromatic N) is 5. The molecule has 1 unspecified atom stereocenters. The maximum Gasteiger partial charge on any atom is 0.296 e. The Labute approximate surface area is 176 Å². The van der Waals surface area contributed by atoms with Crippen LogP contribution in [0.5, 0.6) is 0 Å². The second-order valence-corrected chi connectivity index (χ2v) is 8.27. The predicted molar refractivity (Wildman–Crippen MR) is 112 cm³/mol. The number of carbonyl (C=O) groups excluding carboxylic acids is 1. The van der Waals surface area contributed by atoms with E-state index < -0.39 is 5.91 Å². The van der Waals surface area contributed by atoms with Gasteiger partial charge < -0.3 is 5.32 Å². The Hall–Kier alpha value is -3.33. The summed E-state index contributed by atoms with van der Waals surface area (Å²) in [5.41, 5.74) is 0.498. The van der Waals surface area contributed by atoms with Crippen molar-refractivity contribution in [2.24, 2.45) is 5.92 Å². The molecule has 3 aromatic heterocycles. The minimum atomic E-state index is -0.437. The molecule has 0 radical (unpaired) electrons. The van der Waals surface area contributed by atoms with Crippen molar-refractivity contribution in [1.29, 1.82) is 0 Å². The first-order valence-electron chi connectivity index (χ1n) is 9.72. The SMILES string of the molecule is CC(C1CC1)n1nccc1NC(=O)c1nc(-c2cccs2)n(-c2cccc(F)c2)n1.